The Labute approximate surface area is 70.0 Å². The van der Waals surface area contributed by atoms with Gasteiger partial charge in [0, 0.05) is 7.05 Å². The number of carboxylic acids is 1. The van der Waals surface area contributed by atoms with Crippen LogP contribution in [-0.4, -0.2) is 25.8 Å². The van der Waals surface area contributed by atoms with Crippen LogP contribution in [0.4, 0.5) is 0 Å². The van der Waals surface area contributed by atoms with E-state index in [-0.39, 0.29) is 0 Å². The zero-order valence-corrected chi connectivity index (χ0v) is 7.27. The summed E-state index contributed by atoms with van der Waals surface area (Å²) in [5.74, 6) is -0.450. The van der Waals surface area contributed by atoms with E-state index in [1.165, 1.54) is 6.33 Å². The van der Waals surface area contributed by atoms with Crippen LogP contribution < -0.4 is 0 Å². The molecule has 12 heavy (non-hydrogen) atoms. The van der Waals surface area contributed by atoms with Gasteiger partial charge in [0.2, 0.25) is 0 Å². The quantitative estimate of drug-likeness (QED) is 0.685. The second kappa shape index (κ2) is 2.58. The number of hydrogen-bond donors (Lipinski definition) is 1. The van der Waals surface area contributed by atoms with Crippen molar-refractivity contribution in [1.82, 2.24) is 14.8 Å². The Balaban J connectivity index is 3.13. The molecule has 5 nitrogen and oxygen atoms in total. The predicted molar refractivity (Wildman–Crippen MR) is 41.7 cm³/mol. The van der Waals surface area contributed by atoms with E-state index in [4.69, 9.17) is 5.11 Å². The van der Waals surface area contributed by atoms with Crippen molar-refractivity contribution in [2.24, 2.45) is 7.05 Å². The molecule has 0 atom stereocenters. The summed E-state index contributed by atoms with van der Waals surface area (Å²) < 4.78 is 1.61. The maximum atomic E-state index is 10.8. The lowest BCUT2D eigenvalue weighted by atomic mass is 9.93. The highest BCUT2D eigenvalue weighted by molar-refractivity contribution is 5.78. The van der Waals surface area contributed by atoms with Crippen LogP contribution in [0.3, 0.4) is 0 Å². The van der Waals surface area contributed by atoms with E-state index in [0.717, 1.165) is 0 Å². The van der Waals surface area contributed by atoms with E-state index in [2.05, 4.69) is 10.2 Å². The molecule has 0 aliphatic carbocycles. The Morgan fingerprint density at radius 3 is 2.58 bits per heavy atom. The van der Waals surface area contributed by atoms with Crippen LogP contribution in [-0.2, 0) is 17.3 Å². The molecule has 0 aromatic carbocycles. The first-order chi connectivity index (χ1) is 5.46. The molecule has 0 unspecified atom stereocenters. The van der Waals surface area contributed by atoms with Gasteiger partial charge < -0.3 is 9.67 Å². The Morgan fingerprint density at radius 2 is 2.25 bits per heavy atom. The highest BCUT2D eigenvalue weighted by Crippen LogP contribution is 2.19. The molecule has 0 saturated carbocycles. The molecular weight excluding hydrogens is 158 g/mol. The van der Waals surface area contributed by atoms with E-state index in [9.17, 15) is 4.79 Å². The number of carbonyl (C=O) groups is 1. The molecule has 1 heterocycles. The van der Waals surface area contributed by atoms with E-state index < -0.39 is 11.4 Å². The van der Waals surface area contributed by atoms with E-state index in [0.29, 0.717) is 5.82 Å². The smallest absolute Gasteiger partial charge is 0.316 e. The van der Waals surface area contributed by atoms with Crippen LogP contribution in [0.25, 0.3) is 0 Å². The number of aromatic nitrogens is 3. The van der Waals surface area contributed by atoms with E-state index in [1.807, 2.05) is 0 Å². The minimum atomic E-state index is -0.981. The van der Waals surface area contributed by atoms with Gasteiger partial charge in [-0.25, -0.2) is 0 Å². The molecule has 1 N–H and O–H groups in total. The Kier molecular flexibility index (Phi) is 1.87. The number of aliphatic carboxylic acids is 1. The Morgan fingerprint density at radius 1 is 1.67 bits per heavy atom. The molecule has 0 aliphatic heterocycles. The first-order valence-corrected chi connectivity index (χ1v) is 3.54. The zero-order chi connectivity index (χ0) is 9.35. The minimum absolute atomic E-state index is 0.454. The van der Waals surface area contributed by atoms with Crippen molar-refractivity contribution in [2.45, 2.75) is 19.3 Å². The molecule has 0 aliphatic rings. The molecule has 0 radical (unpaired) electrons. The highest BCUT2D eigenvalue weighted by Gasteiger charge is 2.33. The molecule has 5 heteroatoms. The highest BCUT2D eigenvalue weighted by atomic mass is 16.4. The van der Waals surface area contributed by atoms with Gasteiger partial charge in [0.05, 0.1) is 0 Å². The number of rotatable bonds is 2. The Hall–Kier alpha value is -1.39. The third kappa shape index (κ3) is 1.17. The third-order valence-corrected chi connectivity index (χ3v) is 1.81. The van der Waals surface area contributed by atoms with E-state index in [1.54, 1.807) is 25.5 Å². The molecule has 0 saturated heterocycles. The van der Waals surface area contributed by atoms with Crippen molar-refractivity contribution < 1.29 is 9.90 Å². The van der Waals surface area contributed by atoms with Gasteiger partial charge in [-0.2, -0.15) is 0 Å². The molecule has 0 spiro atoms. The summed E-state index contributed by atoms with van der Waals surface area (Å²) in [7, 11) is 1.72. The van der Waals surface area contributed by atoms with Gasteiger partial charge in [-0.05, 0) is 13.8 Å². The fourth-order valence-electron chi connectivity index (χ4n) is 0.945. The van der Waals surface area contributed by atoms with Gasteiger partial charge in [0.25, 0.3) is 0 Å². The fourth-order valence-corrected chi connectivity index (χ4v) is 0.945. The predicted octanol–water partition coefficient (Wildman–Crippen LogP) is 0.177. The summed E-state index contributed by atoms with van der Waals surface area (Å²) in [4.78, 5) is 10.8. The fraction of sp³-hybridized carbons (Fsp3) is 0.571. The van der Waals surface area contributed by atoms with Crippen LogP contribution in [0, 0.1) is 0 Å². The third-order valence-electron chi connectivity index (χ3n) is 1.81. The molecule has 1 aromatic heterocycles. The maximum absolute atomic E-state index is 10.8. The lowest BCUT2D eigenvalue weighted by molar-refractivity contribution is -0.142. The first kappa shape index (κ1) is 8.70. The largest absolute Gasteiger partial charge is 0.481 e. The van der Waals surface area contributed by atoms with Gasteiger partial charge in [-0.1, -0.05) is 0 Å². The average molecular weight is 169 g/mol. The van der Waals surface area contributed by atoms with E-state index >= 15 is 0 Å². The molecule has 1 aromatic rings. The molecule has 0 fully saturated rings. The number of carboxylic acid groups (broad SMARTS) is 1. The van der Waals surface area contributed by atoms with Gasteiger partial charge in [0.1, 0.15) is 17.6 Å². The normalized spacial score (nSPS) is 11.6. The summed E-state index contributed by atoms with van der Waals surface area (Å²) in [6, 6.07) is 0. The van der Waals surface area contributed by atoms with Crippen molar-refractivity contribution in [3.63, 3.8) is 0 Å². The van der Waals surface area contributed by atoms with Crippen LogP contribution in [0.1, 0.15) is 19.7 Å². The topological polar surface area (TPSA) is 68.0 Å². The molecule has 1 rings (SSSR count). The van der Waals surface area contributed by atoms with Gasteiger partial charge >= 0.3 is 5.97 Å². The summed E-state index contributed by atoms with van der Waals surface area (Å²) in [6.45, 7) is 3.19. The summed E-state index contributed by atoms with van der Waals surface area (Å²) in [5.41, 5.74) is -0.981. The lowest BCUT2D eigenvalue weighted by Gasteiger charge is -2.16. The van der Waals surface area contributed by atoms with Crippen LogP contribution in [0.2, 0.25) is 0 Å². The van der Waals surface area contributed by atoms with Crippen LogP contribution in [0.5, 0.6) is 0 Å². The number of hydrogen-bond acceptors (Lipinski definition) is 3. The SMILES string of the molecule is Cn1cnnc1C(C)(C)C(=O)O. The van der Waals surface area contributed by atoms with Crippen molar-refractivity contribution in [3.05, 3.63) is 12.2 Å². The maximum Gasteiger partial charge on any atom is 0.316 e. The van der Waals surface area contributed by atoms with Crippen molar-refractivity contribution in [1.29, 1.82) is 0 Å². The van der Waals surface area contributed by atoms with Crippen LogP contribution in [0.15, 0.2) is 6.33 Å². The number of aryl methyl sites for hydroxylation is 1. The molecule has 0 amide bonds. The second-order valence-electron chi connectivity index (χ2n) is 3.20. The standard InChI is InChI=1S/C7H11N3O2/c1-7(2,6(11)12)5-9-8-4-10(5)3/h4H,1-3H3,(H,11,12). The molecule has 66 valence electrons. The lowest BCUT2D eigenvalue weighted by Crippen LogP contribution is -2.31. The number of nitrogens with zero attached hydrogens (tertiary/aromatic N) is 3. The van der Waals surface area contributed by atoms with Crippen molar-refractivity contribution >= 4 is 5.97 Å². The molecular formula is C7H11N3O2. The zero-order valence-electron chi connectivity index (χ0n) is 7.27. The van der Waals surface area contributed by atoms with Gasteiger partial charge in [-0.15, -0.1) is 10.2 Å². The van der Waals surface area contributed by atoms with Crippen molar-refractivity contribution in [2.75, 3.05) is 0 Å². The molecule has 0 bridgehead atoms. The first-order valence-electron chi connectivity index (χ1n) is 3.54. The summed E-state index contributed by atoms with van der Waals surface area (Å²) in [6.07, 6.45) is 1.49. The average Bonchev–Trinajstić information content (AvgIpc) is 2.35. The minimum Gasteiger partial charge on any atom is -0.481 e. The van der Waals surface area contributed by atoms with Gasteiger partial charge in [-0.3, -0.25) is 4.79 Å². The van der Waals surface area contributed by atoms with Crippen LogP contribution >= 0.6 is 0 Å². The van der Waals surface area contributed by atoms with Crippen molar-refractivity contribution in [3.8, 4) is 0 Å². The monoisotopic (exact) mass is 169 g/mol. The summed E-state index contributed by atoms with van der Waals surface area (Å²) >= 11 is 0. The Bertz CT molecular complexity index is 303. The second-order valence-corrected chi connectivity index (χ2v) is 3.20. The van der Waals surface area contributed by atoms with Gasteiger partial charge in [0.15, 0.2) is 0 Å². The summed E-state index contributed by atoms with van der Waals surface area (Å²) in [5, 5.41) is 16.2.